The van der Waals surface area contributed by atoms with Gasteiger partial charge in [-0.25, -0.2) is 0 Å². The molecule has 1 unspecified atom stereocenters. The van der Waals surface area contributed by atoms with E-state index in [4.69, 9.17) is 0 Å². The Bertz CT molecular complexity index is 614. The predicted molar refractivity (Wildman–Crippen MR) is 123 cm³/mol. The maximum Gasteiger partial charge on any atom is 0.191 e. The maximum absolute atomic E-state index is 4.35. The fourth-order valence-electron chi connectivity index (χ4n) is 2.86. The van der Waals surface area contributed by atoms with Gasteiger partial charge in [0.15, 0.2) is 5.96 Å². The van der Waals surface area contributed by atoms with Crippen molar-refractivity contribution in [3.63, 3.8) is 0 Å². The van der Waals surface area contributed by atoms with E-state index in [2.05, 4.69) is 56.2 Å². The van der Waals surface area contributed by atoms with Gasteiger partial charge in [0, 0.05) is 38.4 Å². The van der Waals surface area contributed by atoms with Crippen LogP contribution in [-0.2, 0) is 6.42 Å². The number of pyridine rings is 1. The van der Waals surface area contributed by atoms with Crippen molar-refractivity contribution in [2.45, 2.75) is 26.3 Å². The van der Waals surface area contributed by atoms with Crippen LogP contribution in [0.4, 0.5) is 0 Å². The summed E-state index contributed by atoms with van der Waals surface area (Å²) in [5.41, 5.74) is 2.45. The molecule has 0 aliphatic heterocycles. The summed E-state index contributed by atoms with van der Waals surface area (Å²) in [6.07, 6.45) is 2.71. The van der Waals surface area contributed by atoms with Crippen LogP contribution in [0.3, 0.4) is 0 Å². The first-order valence-electron chi connectivity index (χ1n) is 8.89. The first-order chi connectivity index (χ1) is 12.3. The van der Waals surface area contributed by atoms with Gasteiger partial charge < -0.3 is 10.6 Å². The molecular formula is C19H30IN5S. The van der Waals surface area contributed by atoms with Gasteiger partial charge in [0.2, 0.25) is 0 Å². The zero-order valence-corrected chi connectivity index (χ0v) is 19.0. The smallest absolute Gasteiger partial charge is 0.191 e. The van der Waals surface area contributed by atoms with E-state index >= 15 is 0 Å². The Hall–Kier alpha value is -1.19. The summed E-state index contributed by atoms with van der Waals surface area (Å²) < 4.78 is 0. The first kappa shape index (κ1) is 22.9. The number of hydrogen-bond donors (Lipinski definition) is 2. The lowest BCUT2D eigenvalue weighted by molar-refractivity contribution is 0.219. The predicted octanol–water partition coefficient (Wildman–Crippen LogP) is 3.55. The summed E-state index contributed by atoms with van der Waals surface area (Å²) in [5, 5.41) is 11.2. The number of halogens is 1. The molecule has 0 aliphatic rings. The summed E-state index contributed by atoms with van der Waals surface area (Å²) in [4.78, 5) is 11.2. The Morgan fingerprint density at radius 2 is 2.04 bits per heavy atom. The van der Waals surface area contributed by atoms with Gasteiger partial charge in [0.1, 0.15) is 0 Å². The van der Waals surface area contributed by atoms with Crippen LogP contribution in [-0.4, -0.2) is 49.1 Å². The standard InChI is InChI=1S/C19H29N5S.HI/c1-4-24(5-2)18(16-10-13-25-15-16)14-23-19(20-3)22-12-9-17-8-6-7-11-21-17;/h6-8,10-11,13,15,18H,4-5,9,12,14H2,1-3H3,(H2,20,22,23);1H. The molecule has 0 bridgehead atoms. The Kier molecular flexibility index (Phi) is 11.5. The lowest BCUT2D eigenvalue weighted by atomic mass is 10.1. The largest absolute Gasteiger partial charge is 0.356 e. The third-order valence-electron chi connectivity index (χ3n) is 4.27. The van der Waals surface area contributed by atoms with Crippen LogP contribution in [0.2, 0.25) is 0 Å². The zero-order valence-electron chi connectivity index (χ0n) is 15.8. The lowest BCUT2D eigenvalue weighted by Crippen LogP contribution is -2.43. The monoisotopic (exact) mass is 487 g/mol. The molecule has 0 radical (unpaired) electrons. The molecule has 2 aromatic rings. The van der Waals surface area contributed by atoms with Gasteiger partial charge in [-0.15, -0.1) is 24.0 Å². The molecule has 0 fully saturated rings. The molecule has 0 amide bonds. The minimum absolute atomic E-state index is 0. The highest BCUT2D eigenvalue weighted by atomic mass is 127. The molecule has 5 nitrogen and oxygen atoms in total. The molecule has 0 spiro atoms. The Morgan fingerprint density at radius 3 is 2.62 bits per heavy atom. The highest BCUT2D eigenvalue weighted by Gasteiger charge is 2.18. The van der Waals surface area contributed by atoms with Crippen LogP contribution in [0.1, 0.15) is 31.1 Å². The molecule has 1 atom stereocenters. The van der Waals surface area contributed by atoms with Crippen LogP contribution in [0.5, 0.6) is 0 Å². The maximum atomic E-state index is 4.35. The minimum atomic E-state index is 0. The van der Waals surface area contributed by atoms with Crippen molar-refractivity contribution in [3.05, 3.63) is 52.5 Å². The molecule has 7 heteroatoms. The normalized spacial score (nSPS) is 12.5. The molecule has 0 saturated carbocycles. The van der Waals surface area contributed by atoms with Gasteiger partial charge in [-0.1, -0.05) is 19.9 Å². The highest BCUT2D eigenvalue weighted by molar-refractivity contribution is 14.0. The van der Waals surface area contributed by atoms with Crippen molar-refractivity contribution in [2.24, 2.45) is 4.99 Å². The average molecular weight is 487 g/mol. The van der Waals surface area contributed by atoms with Gasteiger partial charge >= 0.3 is 0 Å². The quantitative estimate of drug-likeness (QED) is 0.323. The fourth-order valence-corrected chi connectivity index (χ4v) is 3.56. The molecule has 0 aliphatic carbocycles. The second-order valence-corrected chi connectivity index (χ2v) is 6.52. The zero-order chi connectivity index (χ0) is 17.9. The molecule has 2 heterocycles. The van der Waals surface area contributed by atoms with E-state index in [1.807, 2.05) is 31.4 Å². The van der Waals surface area contributed by atoms with Gasteiger partial charge in [0.25, 0.3) is 0 Å². The number of aromatic nitrogens is 1. The van der Waals surface area contributed by atoms with E-state index in [0.717, 1.165) is 44.3 Å². The number of likely N-dealkylation sites (N-methyl/N-ethyl adjacent to an activating group) is 1. The van der Waals surface area contributed by atoms with Gasteiger partial charge in [-0.05, 0) is 47.6 Å². The Labute approximate surface area is 178 Å². The number of aliphatic imine (C=N–C) groups is 1. The van der Waals surface area contributed by atoms with Crippen molar-refractivity contribution in [3.8, 4) is 0 Å². The van der Waals surface area contributed by atoms with Crippen LogP contribution in [0.15, 0.2) is 46.2 Å². The number of hydrogen-bond acceptors (Lipinski definition) is 4. The second-order valence-electron chi connectivity index (χ2n) is 5.74. The average Bonchev–Trinajstić information content (AvgIpc) is 3.18. The molecule has 144 valence electrons. The summed E-state index contributed by atoms with van der Waals surface area (Å²) in [6, 6.07) is 8.58. The van der Waals surface area contributed by atoms with E-state index in [1.165, 1.54) is 5.56 Å². The van der Waals surface area contributed by atoms with E-state index in [-0.39, 0.29) is 24.0 Å². The third kappa shape index (κ3) is 7.20. The van der Waals surface area contributed by atoms with E-state index in [9.17, 15) is 0 Å². The number of thiophene rings is 1. The molecule has 0 aromatic carbocycles. The van der Waals surface area contributed by atoms with Crippen molar-refractivity contribution in [1.29, 1.82) is 0 Å². The summed E-state index contributed by atoms with van der Waals surface area (Å²) in [5.74, 6) is 0.836. The summed E-state index contributed by atoms with van der Waals surface area (Å²) in [6.45, 7) is 8.13. The van der Waals surface area contributed by atoms with E-state index < -0.39 is 0 Å². The van der Waals surface area contributed by atoms with Crippen molar-refractivity contribution in [1.82, 2.24) is 20.5 Å². The van der Waals surface area contributed by atoms with Crippen molar-refractivity contribution in [2.75, 3.05) is 33.2 Å². The molecular weight excluding hydrogens is 457 g/mol. The number of nitrogens with one attached hydrogen (secondary N) is 2. The van der Waals surface area contributed by atoms with Crippen LogP contribution >= 0.6 is 35.3 Å². The van der Waals surface area contributed by atoms with E-state index in [1.54, 1.807) is 11.3 Å². The topological polar surface area (TPSA) is 52.5 Å². The SMILES string of the molecule is CCN(CC)C(CNC(=NC)NCCc1ccccn1)c1ccsc1.I. The first-order valence-corrected chi connectivity index (χ1v) is 9.83. The summed E-state index contributed by atoms with van der Waals surface area (Å²) >= 11 is 1.75. The Balaban J connectivity index is 0.00000338. The highest BCUT2D eigenvalue weighted by Crippen LogP contribution is 2.22. The molecule has 2 aromatic heterocycles. The fraction of sp³-hybridized carbons (Fsp3) is 0.474. The minimum Gasteiger partial charge on any atom is -0.356 e. The molecule has 2 rings (SSSR count). The van der Waals surface area contributed by atoms with E-state index in [0.29, 0.717) is 6.04 Å². The van der Waals surface area contributed by atoms with Crippen LogP contribution in [0, 0.1) is 0 Å². The van der Waals surface area contributed by atoms with Gasteiger partial charge in [-0.3, -0.25) is 14.9 Å². The van der Waals surface area contributed by atoms with Crippen molar-refractivity contribution >= 4 is 41.3 Å². The number of nitrogens with zero attached hydrogens (tertiary/aromatic N) is 3. The molecule has 0 saturated heterocycles. The molecule has 26 heavy (non-hydrogen) atoms. The van der Waals surface area contributed by atoms with Crippen LogP contribution < -0.4 is 10.6 Å². The van der Waals surface area contributed by atoms with Gasteiger partial charge in [0.05, 0.1) is 6.04 Å². The Morgan fingerprint density at radius 1 is 1.23 bits per heavy atom. The number of guanidine groups is 1. The molecule has 2 N–H and O–H groups in total. The van der Waals surface area contributed by atoms with Crippen molar-refractivity contribution < 1.29 is 0 Å². The third-order valence-corrected chi connectivity index (χ3v) is 4.97. The van der Waals surface area contributed by atoms with Gasteiger partial charge in [-0.2, -0.15) is 11.3 Å². The lowest BCUT2D eigenvalue weighted by Gasteiger charge is -2.30. The number of rotatable bonds is 9. The second kappa shape index (κ2) is 13.1. The summed E-state index contributed by atoms with van der Waals surface area (Å²) in [7, 11) is 1.81. The van der Waals surface area contributed by atoms with Crippen LogP contribution in [0.25, 0.3) is 0 Å².